The van der Waals surface area contributed by atoms with E-state index in [4.69, 9.17) is 9.47 Å². The summed E-state index contributed by atoms with van der Waals surface area (Å²) in [5.74, 6) is 2.00. The number of carbonyl (C=O) groups is 1. The molecule has 1 aromatic heterocycles. The zero-order valence-electron chi connectivity index (χ0n) is 23.3. The molecule has 8 nitrogen and oxygen atoms in total. The summed E-state index contributed by atoms with van der Waals surface area (Å²) in [4.78, 5) is 18.8. The molecule has 4 N–H and O–H groups in total. The number of likely N-dealkylation sites (tertiary alicyclic amines) is 1. The fourth-order valence-electron chi connectivity index (χ4n) is 6.53. The summed E-state index contributed by atoms with van der Waals surface area (Å²) in [7, 11) is 0. The number of piperidine rings is 1. The highest BCUT2D eigenvalue weighted by atomic mass is 16.5. The first-order chi connectivity index (χ1) is 19.4. The Morgan fingerprint density at radius 3 is 2.83 bits per heavy atom. The van der Waals surface area contributed by atoms with Crippen molar-refractivity contribution in [2.45, 2.75) is 69.1 Å². The van der Waals surface area contributed by atoms with Gasteiger partial charge >= 0.3 is 0 Å². The van der Waals surface area contributed by atoms with Gasteiger partial charge in [0.05, 0.1) is 30.8 Å². The van der Waals surface area contributed by atoms with Gasteiger partial charge in [0.15, 0.2) is 0 Å². The van der Waals surface area contributed by atoms with Crippen LogP contribution >= 0.6 is 0 Å². The molecule has 3 atom stereocenters. The topological polar surface area (TPSA) is 107 Å². The van der Waals surface area contributed by atoms with Gasteiger partial charge in [-0.05, 0) is 68.7 Å². The maximum atomic E-state index is 13.2. The third kappa shape index (κ3) is 5.85. The standard InChI is InChI=1S/C32H41N3O5/c1-21-18-35(15-11-28(21)36)16-14-32(38)12-9-23(10-13-32)33-31(37)27-17-25-26(34-27)6-4-8-30(25)40-20-22-19-39-29-7-3-2-5-24(22)29/h2-8,17,21-23,28,34,36,38H,9-16,18-20H2,1H3,(H,33,37)/t21-,22-,23?,28-,32?/m0/s1. The molecule has 1 saturated carbocycles. The average molecular weight is 548 g/mol. The highest BCUT2D eigenvalue weighted by Gasteiger charge is 2.35. The van der Waals surface area contributed by atoms with Gasteiger partial charge in [0, 0.05) is 42.1 Å². The van der Waals surface area contributed by atoms with Gasteiger partial charge in [-0.2, -0.15) is 0 Å². The van der Waals surface area contributed by atoms with E-state index in [1.165, 1.54) is 5.56 Å². The zero-order valence-corrected chi connectivity index (χ0v) is 23.3. The lowest BCUT2D eigenvalue weighted by molar-refractivity contribution is -0.0272. The van der Waals surface area contributed by atoms with Crippen LogP contribution in [0, 0.1) is 5.92 Å². The van der Waals surface area contributed by atoms with E-state index in [2.05, 4.69) is 28.2 Å². The lowest BCUT2D eigenvalue weighted by Gasteiger charge is -2.39. The van der Waals surface area contributed by atoms with Crippen molar-refractivity contribution in [2.24, 2.45) is 5.92 Å². The van der Waals surface area contributed by atoms with Gasteiger partial charge in [-0.25, -0.2) is 0 Å². The van der Waals surface area contributed by atoms with E-state index in [0.717, 1.165) is 67.7 Å². The Morgan fingerprint density at radius 1 is 1.18 bits per heavy atom. The summed E-state index contributed by atoms with van der Waals surface area (Å²) >= 11 is 0. The number of aromatic amines is 1. The first kappa shape index (κ1) is 27.1. The average Bonchev–Trinajstić information content (AvgIpc) is 3.59. The summed E-state index contributed by atoms with van der Waals surface area (Å²) in [5.41, 5.74) is 1.87. The molecule has 8 heteroatoms. The summed E-state index contributed by atoms with van der Waals surface area (Å²) in [6.07, 6.45) is 4.22. The second-order valence-corrected chi connectivity index (χ2v) is 12.1. The smallest absolute Gasteiger partial charge is 0.267 e. The molecule has 0 unspecified atom stereocenters. The minimum atomic E-state index is -0.682. The van der Waals surface area contributed by atoms with E-state index in [-0.39, 0.29) is 29.9 Å². The molecule has 214 valence electrons. The Balaban J connectivity index is 1.01. The number of carbonyl (C=O) groups excluding carboxylic acids is 1. The fraction of sp³-hybridized carbons (Fsp3) is 0.531. The maximum Gasteiger partial charge on any atom is 0.267 e. The Morgan fingerprint density at radius 2 is 2.00 bits per heavy atom. The second-order valence-electron chi connectivity index (χ2n) is 12.1. The van der Waals surface area contributed by atoms with Crippen LogP contribution in [-0.4, -0.2) is 76.6 Å². The molecule has 6 rings (SSSR count). The Bertz CT molecular complexity index is 1330. The number of aliphatic hydroxyl groups is 2. The van der Waals surface area contributed by atoms with Crippen molar-refractivity contribution in [1.82, 2.24) is 15.2 Å². The molecule has 2 fully saturated rings. The van der Waals surface area contributed by atoms with E-state index >= 15 is 0 Å². The molecule has 2 aliphatic heterocycles. The maximum absolute atomic E-state index is 13.2. The molecule has 40 heavy (non-hydrogen) atoms. The first-order valence-corrected chi connectivity index (χ1v) is 14.8. The lowest BCUT2D eigenvalue weighted by Crippen LogP contribution is -2.47. The molecule has 1 aliphatic carbocycles. The largest absolute Gasteiger partial charge is 0.493 e. The highest BCUT2D eigenvalue weighted by molar-refractivity contribution is 5.99. The molecule has 3 heterocycles. The molecule has 0 radical (unpaired) electrons. The third-order valence-corrected chi connectivity index (χ3v) is 9.20. The Kier molecular flexibility index (Phi) is 7.75. The molecule has 1 saturated heterocycles. The number of fused-ring (bicyclic) bond motifs is 2. The van der Waals surface area contributed by atoms with Crippen LogP contribution in [0.1, 0.15) is 67.4 Å². The molecule has 3 aromatic rings. The molecule has 0 bridgehead atoms. The second kappa shape index (κ2) is 11.4. The lowest BCUT2D eigenvalue weighted by atomic mass is 9.80. The highest BCUT2D eigenvalue weighted by Crippen LogP contribution is 2.35. The van der Waals surface area contributed by atoms with Gasteiger partial charge in [0.2, 0.25) is 0 Å². The van der Waals surface area contributed by atoms with Crippen molar-refractivity contribution in [3.05, 3.63) is 59.8 Å². The summed E-state index contributed by atoms with van der Waals surface area (Å²) < 4.78 is 12.0. The fourth-order valence-corrected chi connectivity index (χ4v) is 6.53. The van der Waals surface area contributed by atoms with E-state index in [0.29, 0.717) is 31.7 Å². The predicted molar refractivity (Wildman–Crippen MR) is 154 cm³/mol. The van der Waals surface area contributed by atoms with Crippen LogP contribution in [-0.2, 0) is 0 Å². The number of rotatable bonds is 8. The number of aromatic nitrogens is 1. The number of H-pyrrole nitrogens is 1. The number of nitrogens with one attached hydrogen (secondary N) is 2. The van der Waals surface area contributed by atoms with Gasteiger partial charge < -0.3 is 34.9 Å². The molecular formula is C32H41N3O5. The van der Waals surface area contributed by atoms with Crippen LogP contribution in [0.25, 0.3) is 10.9 Å². The molecule has 3 aliphatic rings. The van der Waals surface area contributed by atoms with Gasteiger partial charge in [0.1, 0.15) is 17.2 Å². The minimum absolute atomic E-state index is 0.0440. The SMILES string of the molecule is C[C@H]1CN(CCC2(O)CCC(NC(=O)c3cc4c(OC[C@@H]5COc6ccccc65)cccc4[nH]3)CC2)CC[C@@H]1O. The number of benzene rings is 2. The first-order valence-electron chi connectivity index (χ1n) is 14.8. The molecule has 0 spiro atoms. The van der Waals surface area contributed by atoms with Gasteiger partial charge in [-0.1, -0.05) is 31.2 Å². The van der Waals surface area contributed by atoms with Crippen LogP contribution in [0.2, 0.25) is 0 Å². The number of aliphatic hydroxyl groups excluding tert-OH is 1. The number of ether oxygens (including phenoxy) is 2. The minimum Gasteiger partial charge on any atom is -0.493 e. The molecule has 2 aromatic carbocycles. The molecular weight excluding hydrogens is 506 g/mol. The number of para-hydroxylation sites is 1. The van der Waals surface area contributed by atoms with Crippen molar-refractivity contribution < 1.29 is 24.5 Å². The summed E-state index contributed by atoms with van der Waals surface area (Å²) in [6.45, 7) is 5.83. The normalized spacial score (nSPS) is 28.7. The van der Waals surface area contributed by atoms with E-state index in [1.54, 1.807) is 0 Å². The Hall–Kier alpha value is -3.07. The van der Waals surface area contributed by atoms with Crippen molar-refractivity contribution in [2.75, 3.05) is 32.8 Å². The monoisotopic (exact) mass is 547 g/mol. The summed E-state index contributed by atoms with van der Waals surface area (Å²) in [5, 5.41) is 25.2. The zero-order chi connectivity index (χ0) is 27.7. The van der Waals surface area contributed by atoms with Crippen LogP contribution in [0.4, 0.5) is 0 Å². The summed E-state index contributed by atoms with van der Waals surface area (Å²) in [6, 6.07) is 15.8. The van der Waals surface area contributed by atoms with Crippen LogP contribution in [0.15, 0.2) is 48.5 Å². The van der Waals surface area contributed by atoms with Crippen molar-refractivity contribution in [3.63, 3.8) is 0 Å². The number of hydrogen-bond donors (Lipinski definition) is 4. The molecule has 1 amide bonds. The van der Waals surface area contributed by atoms with Gasteiger partial charge in [0.25, 0.3) is 5.91 Å². The predicted octanol–water partition coefficient (Wildman–Crippen LogP) is 4.22. The van der Waals surface area contributed by atoms with E-state index in [1.807, 2.05) is 42.5 Å². The Labute approximate surface area is 235 Å². The number of nitrogens with zero attached hydrogens (tertiary/aromatic N) is 1. The van der Waals surface area contributed by atoms with Crippen LogP contribution < -0.4 is 14.8 Å². The number of amides is 1. The third-order valence-electron chi connectivity index (χ3n) is 9.20. The van der Waals surface area contributed by atoms with Crippen molar-refractivity contribution in [1.29, 1.82) is 0 Å². The number of hydrogen-bond acceptors (Lipinski definition) is 6. The van der Waals surface area contributed by atoms with Gasteiger partial charge in [-0.15, -0.1) is 0 Å². The quantitative estimate of drug-likeness (QED) is 0.337. The van der Waals surface area contributed by atoms with E-state index in [9.17, 15) is 15.0 Å². The van der Waals surface area contributed by atoms with Crippen LogP contribution in [0.5, 0.6) is 11.5 Å². The van der Waals surface area contributed by atoms with Gasteiger partial charge in [-0.3, -0.25) is 4.79 Å². The van der Waals surface area contributed by atoms with Crippen molar-refractivity contribution in [3.8, 4) is 11.5 Å². The van der Waals surface area contributed by atoms with Crippen LogP contribution in [0.3, 0.4) is 0 Å². The van der Waals surface area contributed by atoms with E-state index < -0.39 is 5.60 Å². The van der Waals surface area contributed by atoms with Crippen molar-refractivity contribution >= 4 is 16.8 Å².